The van der Waals surface area contributed by atoms with Gasteiger partial charge in [-0.05, 0) is 18.4 Å². The number of quaternary nitrogens is 1. The van der Waals surface area contributed by atoms with E-state index in [1.54, 1.807) is 0 Å². The lowest BCUT2D eigenvalue weighted by Crippen LogP contribution is -2.51. The van der Waals surface area contributed by atoms with Crippen LogP contribution in [0.2, 0.25) is 0 Å². The molecule has 0 bridgehead atoms. The van der Waals surface area contributed by atoms with Gasteiger partial charge >= 0.3 is 5.97 Å². The van der Waals surface area contributed by atoms with Crippen LogP contribution in [-0.4, -0.2) is 43.2 Å². The van der Waals surface area contributed by atoms with E-state index in [1.807, 2.05) is 30.3 Å². The monoisotopic (exact) mass is 318 g/mol. The SMILES string of the molecule is CCC(C)C(C(=O)OC1CC[N+](C)(CC)CC1)c1ccccc1. The van der Waals surface area contributed by atoms with Gasteiger partial charge in [0.1, 0.15) is 6.10 Å². The van der Waals surface area contributed by atoms with Gasteiger partial charge in [-0.25, -0.2) is 0 Å². The summed E-state index contributed by atoms with van der Waals surface area (Å²) in [4.78, 5) is 12.8. The predicted octanol–water partition coefficient (Wildman–Crippen LogP) is 3.99. The van der Waals surface area contributed by atoms with E-state index in [0.717, 1.165) is 48.9 Å². The third-order valence-electron chi connectivity index (χ3n) is 5.65. The molecule has 2 rings (SSSR count). The van der Waals surface area contributed by atoms with Crippen molar-refractivity contribution in [2.45, 2.75) is 52.1 Å². The molecule has 1 saturated heterocycles. The van der Waals surface area contributed by atoms with Crippen molar-refractivity contribution in [3.63, 3.8) is 0 Å². The molecule has 1 aliphatic heterocycles. The summed E-state index contributed by atoms with van der Waals surface area (Å²) in [6.45, 7) is 9.88. The van der Waals surface area contributed by atoms with Crippen molar-refractivity contribution in [3.05, 3.63) is 35.9 Å². The molecule has 0 amide bonds. The van der Waals surface area contributed by atoms with Gasteiger partial charge in [0.25, 0.3) is 0 Å². The number of piperidine rings is 1. The van der Waals surface area contributed by atoms with Crippen LogP contribution in [0, 0.1) is 5.92 Å². The topological polar surface area (TPSA) is 26.3 Å². The smallest absolute Gasteiger partial charge is 0.313 e. The first kappa shape index (κ1) is 18.0. The normalized spacial score (nSPS) is 27.2. The van der Waals surface area contributed by atoms with E-state index in [9.17, 15) is 4.79 Å². The number of nitrogens with zero attached hydrogens (tertiary/aromatic N) is 1. The zero-order valence-electron chi connectivity index (χ0n) is 15.1. The highest BCUT2D eigenvalue weighted by Crippen LogP contribution is 2.30. The predicted molar refractivity (Wildman–Crippen MR) is 94.2 cm³/mol. The van der Waals surface area contributed by atoms with Gasteiger partial charge in [-0.1, -0.05) is 50.6 Å². The van der Waals surface area contributed by atoms with Crippen molar-refractivity contribution in [1.82, 2.24) is 0 Å². The molecule has 1 aromatic rings. The fourth-order valence-electron chi connectivity index (χ4n) is 3.43. The van der Waals surface area contributed by atoms with Gasteiger partial charge in [-0.3, -0.25) is 4.79 Å². The molecule has 2 atom stereocenters. The average Bonchev–Trinajstić information content (AvgIpc) is 2.58. The molecule has 1 heterocycles. The fraction of sp³-hybridized carbons (Fsp3) is 0.650. The summed E-state index contributed by atoms with van der Waals surface area (Å²) < 4.78 is 7.02. The van der Waals surface area contributed by atoms with E-state index < -0.39 is 0 Å². The maximum atomic E-state index is 12.8. The molecular formula is C20H32NO2+. The Morgan fingerprint density at radius 2 is 1.83 bits per heavy atom. The second-order valence-electron chi connectivity index (χ2n) is 7.29. The van der Waals surface area contributed by atoms with E-state index >= 15 is 0 Å². The second kappa shape index (κ2) is 7.96. The Hall–Kier alpha value is -1.35. The van der Waals surface area contributed by atoms with Crippen molar-refractivity contribution < 1.29 is 14.0 Å². The molecule has 0 aliphatic carbocycles. The van der Waals surface area contributed by atoms with Crippen LogP contribution >= 0.6 is 0 Å². The molecule has 1 fully saturated rings. The maximum absolute atomic E-state index is 12.8. The number of likely N-dealkylation sites (tertiary alicyclic amines) is 1. The molecule has 2 unspecified atom stereocenters. The molecule has 3 heteroatoms. The minimum Gasteiger partial charge on any atom is -0.461 e. The number of carbonyl (C=O) groups excluding carboxylic acids is 1. The van der Waals surface area contributed by atoms with Crippen LogP contribution in [-0.2, 0) is 9.53 Å². The lowest BCUT2D eigenvalue weighted by molar-refractivity contribution is -0.913. The van der Waals surface area contributed by atoms with Crippen LogP contribution in [0.25, 0.3) is 0 Å². The lowest BCUT2D eigenvalue weighted by atomic mass is 9.85. The maximum Gasteiger partial charge on any atom is 0.313 e. The van der Waals surface area contributed by atoms with Crippen molar-refractivity contribution in [2.75, 3.05) is 26.7 Å². The molecule has 0 spiro atoms. The Labute approximate surface area is 141 Å². The van der Waals surface area contributed by atoms with Gasteiger partial charge in [0, 0.05) is 12.8 Å². The van der Waals surface area contributed by atoms with Crippen molar-refractivity contribution in [3.8, 4) is 0 Å². The molecule has 0 saturated carbocycles. The number of esters is 1. The summed E-state index contributed by atoms with van der Waals surface area (Å²) in [5.41, 5.74) is 1.08. The largest absolute Gasteiger partial charge is 0.461 e. The van der Waals surface area contributed by atoms with Crippen molar-refractivity contribution in [2.24, 2.45) is 5.92 Å². The Morgan fingerprint density at radius 1 is 1.22 bits per heavy atom. The van der Waals surface area contributed by atoms with E-state index in [0.29, 0.717) is 5.92 Å². The highest BCUT2D eigenvalue weighted by Gasteiger charge is 2.34. The summed E-state index contributed by atoms with van der Waals surface area (Å²) >= 11 is 0. The number of hydrogen-bond acceptors (Lipinski definition) is 2. The van der Waals surface area contributed by atoms with Crippen LogP contribution in [0.5, 0.6) is 0 Å². The van der Waals surface area contributed by atoms with E-state index in [4.69, 9.17) is 4.74 Å². The minimum atomic E-state index is -0.143. The minimum absolute atomic E-state index is 0.0387. The van der Waals surface area contributed by atoms with Crippen LogP contribution in [0.15, 0.2) is 30.3 Å². The number of hydrogen-bond donors (Lipinski definition) is 0. The molecule has 0 aromatic heterocycles. The fourth-order valence-corrected chi connectivity index (χ4v) is 3.43. The van der Waals surface area contributed by atoms with E-state index in [2.05, 4.69) is 27.8 Å². The highest BCUT2D eigenvalue weighted by molar-refractivity contribution is 5.78. The van der Waals surface area contributed by atoms with Gasteiger partial charge in [0.05, 0.1) is 32.6 Å². The zero-order chi connectivity index (χ0) is 16.9. The van der Waals surface area contributed by atoms with Crippen LogP contribution < -0.4 is 0 Å². The van der Waals surface area contributed by atoms with Gasteiger partial charge in [-0.2, -0.15) is 0 Å². The Morgan fingerprint density at radius 3 is 2.35 bits per heavy atom. The number of rotatable bonds is 6. The molecule has 128 valence electrons. The Bertz CT molecular complexity index is 492. The number of ether oxygens (including phenoxy) is 1. The summed E-state index contributed by atoms with van der Waals surface area (Å²) in [6.07, 6.45) is 3.04. The van der Waals surface area contributed by atoms with Crippen molar-refractivity contribution >= 4 is 5.97 Å². The molecule has 1 aromatic carbocycles. The molecule has 23 heavy (non-hydrogen) atoms. The molecular weight excluding hydrogens is 286 g/mol. The van der Waals surface area contributed by atoms with Crippen LogP contribution in [0.4, 0.5) is 0 Å². The van der Waals surface area contributed by atoms with E-state index in [1.165, 1.54) is 0 Å². The molecule has 3 nitrogen and oxygen atoms in total. The summed E-state index contributed by atoms with van der Waals surface area (Å²) in [6, 6.07) is 10.1. The number of carbonyl (C=O) groups is 1. The quantitative estimate of drug-likeness (QED) is 0.585. The number of benzene rings is 1. The lowest BCUT2D eigenvalue weighted by Gasteiger charge is -2.39. The van der Waals surface area contributed by atoms with Gasteiger partial charge in [0.15, 0.2) is 0 Å². The highest BCUT2D eigenvalue weighted by atomic mass is 16.5. The Balaban J connectivity index is 2.02. The molecule has 0 radical (unpaired) electrons. The standard InChI is InChI=1S/C20H32NO2/c1-5-16(3)19(17-10-8-7-9-11-17)20(22)23-18-12-14-21(4,6-2)15-13-18/h7-11,16,18-19H,5-6,12-15H2,1-4H3/q+1. The van der Waals surface area contributed by atoms with Gasteiger partial charge in [-0.15, -0.1) is 0 Å². The first-order valence-electron chi connectivity index (χ1n) is 9.08. The van der Waals surface area contributed by atoms with Crippen LogP contribution in [0.1, 0.15) is 51.5 Å². The van der Waals surface area contributed by atoms with Crippen LogP contribution in [0.3, 0.4) is 0 Å². The molecule has 1 aliphatic rings. The van der Waals surface area contributed by atoms with Gasteiger partial charge in [0.2, 0.25) is 0 Å². The Kier molecular flexibility index (Phi) is 6.23. The summed E-state index contributed by atoms with van der Waals surface area (Å²) in [7, 11) is 2.30. The van der Waals surface area contributed by atoms with E-state index in [-0.39, 0.29) is 18.0 Å². The average molecular weight is 318 g/mol. The molecule has 0 N–H and O–H groups in total. The summed E-state index contributed by atoms with van der Waals surface area (Å²) in [5.74, 6) is 0.114. The zero-order valence-corrected chi connectivity index (χ0v) is 15.1. The third kappa shape index (κ3) is 4.57. The van der Waals surface area contributed by atoms with Crippen molar-refractivity contribution in [1.29, 1.82) is 0 Å². The first-order valence-corrected chi connectivity index (χ1v) is 9.08. The summed E-state index contributed by atoms with van der Waals surface area (Å²) in [5, 5.41) is 0. The van der Waals surface area contributed by atoms with Gasteiger partial charge < -0.3 is 9.22 Å². The first-order chi connectivity index (χ1) is 11.0. The third-order valence-corrected chi connectivity index (χ3v) is 5.65. The second-order valence-corrected chi connectivity index (χ2v) is 7.29.